The number of carbonyl (C=O) groups excluding carboxylic acids is 3. The summed E-state index contributed by atoms with van der Waals surface area (Å²) in [6.45, 7) is 5.00. The molecule has 3 N–H and O–H groups in total. The van der Waals surface area contributed by atoms with Crippen molar-refractivity contribution in [2.75, 3.05) is 0 Å². The highest BCUT2D eigenvalue weighted by Gasteiger charge is 2.27. The van der Waals surface area contributed by atoms with Gasteiger partial charge in [-0.1, -0.05) is 0 Å². The molecule has 140 valence electrons. The van der Waals surface area contributed by atoms with E-state index >= 15 is 0 Å². The Balaban J connectivity index is 4.81. The molecule has 0 aromatic rings. The number of carboxylic acid groups (broad SMARTS) is 2. The second-order valence-corrected chi connectivity index (χ2v) is 6.19. The standard InChI is InChI=1S/C15H22N2O8/c1-15(2,3)25-12(21)7-5-9(16-8-18)13(22)17-10(14(23)24)4-6-11(19)20/h9-10H,4-7H2,1-3H3,(H,17,22)(H,19,20)(H,23,24)/t9-,10-/m0/s1. The summed E-state index contributed by atoms with van der Waals surface area (Å²) in [5.74, 6) is -4.15. The SMILES string of the molecule is CC(C)(C)OC(=O)CC[C@H](N=C=O)C(=O)N[C@@H](CCC(=O)O)C(=O)O. The van der Waals surface area contributed by atoms with Crippen molar-refractivity contribution in [3.63, 3.8) is 0 Å². The molecule has 0 saturated carbocycles. The summed E-state index contributed by atoms with van der Waals surface area (Å²) in [6, 6.07) is -2.77. The smallest absolute Gasteiger partial charge is 0.326 e. The predicted octanol–water partition coefficient (Wildman–Crippen LogP) is 0.247. The number of carbonyl (C=O) groups is 4. The number of rotatable bonds is 10. The van der Waals surface area contributed by atoms with Crippen molar-refractivity contribution in [1.29, 1.82) is 0 Å². The van der Waals surface area contributed by atoms with E-state index < -0.39 is 47.9 Å². The van der Waals surface area contributed by atoms with Gasteiger partial charge in [-0.2, -0.15) is 4.99 Å². The summed E-state index contributed by atoms with van der Waals surface area (Å²) in [5.41, 5.74) is -0.714. The van der Waals surface area contributed by atoms with E-state index in [-0.39, 0.29) is 19.3 Å². The number of hydrogen-bond acceptors (Lipinski definition) is 7. The first-order valence-electron chi connectivity index (χ1n) is 7.50. The molecule has 0 aromatic carbocycles. The maximum atomic E-state index is 12.0. The molecule has 0 aliphatic carbocycles. The number of aliphatic imine (C=N–C) groups is 1. The quantitative estimate of drug-likeness (QED) is 0.284. The molecule has 0 rings (SSSR count). The number of nitrogens with one attached hydrogen (secondary N) is 1. The molecule has 0 heterocycles. The van der Waals surface area contributed by atoms with Crippen LogP contribution in [0.2, 0.25) is 0 Å². The molecular weight excluding hydrogens is 336 g/mol. The van der Waals surface area contributed by atoms with Crippen molar-refractivity contribution >= 4 is 29.9 Å². The van der Waals surface area contributed by atoms with E-state index in [0.717, 1.165) is 0 Å². The monoisotopic (exact) mass is 358 g/mol. The lowest BCUT2D eigenvalue weighted by molar-refractivity contribution is -0.155. The van der Waals surface area contributed by atoms with Gasteiger partial charge in [0.15, 0.2) is 0 Å². The van der Waals surface area contributed by atoms with Gasteiger partial charge in [0.25, 0.3) is 0 Å². The first-order chi connectivity index (χ1) is 11.5. The van der Waals surface area contributed by atoms with Crippen LogP contribution in [0.15, 0.2) is 4.99 Å². The van der Waals surface area contributed by atoms with Crippen molar-refractivity contribution < 1.29 is 38.9 Å². The van der Waals surface area contributed by atoms with E-state index in [9.17, 15) is 24.0 Å². The summed E-state index contributed by atoms with van der Waals surface area (Å²) < 4.78 is 5.06. The van der Waals surface area contributed by atoms with Gasteiger partial charge < -0.3 is 20.3 Å². The zero-order chi connectivity index (χ0) is 19.6. The van der Waals surface area contributed by atoms with Crippen LogP contribution in [0, 0.1) is 0 Å². The molecule has 0 aromatic heterocycles. The number of hydrogen-bond donors (Lipinski definition) is 3. The summed E-state index contributed by atoms with van der Waals surface area (Å²) in [6.07, 6.45) is 0.00484. The van der Waals surface area contributed by atoms with Crippen LogP contribution < -0.4 is 5.32 Å². The Bertz CT molecular complexity index is 560. The van der Waals surface area contributed by atoms with Crippen LogP contribution in [0.5, 0.6) is 0 Å². The molecule has 0 spiro atoms. The second kappa shape index (κ2) is 10.2. The average Bonchev–Trinajstić information content (AvgIpc) is 2.45. The third kappa shape index (κ3) is 10.6. The summed E-state index contributed by atoms with van der Waals surface area (Å²) in [4.78, 5) is 59.0. The van der Waals surface area contributed by atoms with Gasteiger partial charge in [0.05, 0.1) is 0 Å². The minimum Gasteiger partial charge on any atom is -0.481 e. The van der Waals surface area contributed by atoms with Crippen LogP contribution in [0.25, 0.3) is 0 Å². The minimum atomic E-state index is -1.45. The van der Waals surface area contributed by atoms with Crippen molar-refractivity contribution in [3.8, 4) is 0 Å². The fourth-order valence-corrected chi connectivity index (χ4v) is 1.76. The molecule has 10 nitrogen and oxygen atoms in total. The second-order valence-electron chi connectivity index (χ2n) is 6.19. The minimum absolute atomic E-state index is 0.179. The van der Waals surface area contributed by atoms with Gasteiger partial charge >= 0.3 is 17.9 Å². The van der Waals surface area contributed by atoms with E-state index in [4.69, 9.17) is 14.9 Å². The zero-order valence-electron chi connectivity index (χ0n) is 14.3. The number of esters is 1. The lowest BCUT2D eigenvalue weighted by atomic mass is 10.1. The van der Waals surface area contributed by atoms with E-state index in [2.05, 4.69) is 10.3 Å². The maximum absolute atomic E-state index is 12.0. The van der Waals surface area contributed by atoms with Gasteiger partial charge in [-0.15, -0.1) is 0 Å². The third-order valence-electron chi connectivity index (χ3n) is 2.81. The molecule has 25 heavy (non-hydrogen) atoms. The van der Waals surface area contributed by atoms with Gasteiger partial charge in [0.1, 0.15) is 17.7 Å². The number of aliphatic carboxylic acids is 2. The molecule has 0 aliphatic rings. The lowest BCUT2D eigenvalue weighted by Crippen LogP contribution is -2.45. The predicted molar refractivity (Wildman–Crippen MR) is 83.4 cm³/mol. The zero-order valence-corrected chi connectivity index (χ0v) is 14.3. The van der Waals surface area contributed by atoms with Crippen LogP contribution in [-0.4, -0.2) is 57.8 Å². The van der Waals surface area contributed by atoms with Crippen LogP contribution in [0.3, 0.4) is 0 Å². The topological polar surface area (TPSA) is 159 Å². The van der Waals surface area contributed by atoms with Gasteiger partial charge in [-0.05, 0) is 33.6 Å². The van der Waals surface area contributed by atoms with Crippen LogP contribution in [0.4, 0.5) is 0 Å². The Hall–Kier alpha value is -2.74. The Morgan fingerprint density at radius 2 is 1.72 bits per heavy atom. The molecule has 0 radical (unpaired) electrons. The fraction of sp³-hybridized carbons (Fsp3) is 0.667. The van der Waals surface area contributed by atoms with Crippen molar-refractivity contribution in [1.82, 2.24) is 5.32 Å². The first kappa shape index (κ1) is 22.3. The normalized spacial score (nSPS) is 13.1. The molecular formula is C15H22N2O8. The van der Waals surface area contributed by atoms with Crippen LogP contribution >= 0.6 is 0 Å². The third-order valence-corrected chi connectivity index (χ3v) is 2.81. The van der Waals surface area contributed by atoms with E-state index in [1.54, 1.807) is 20.8 Å². The van der Waals surface area contributed by atoms with Gasteiger partial charge in [-0.25, -0.2) is 9.59 Å². The molecule has 0 aliphatic heterocycles. The Kier molecular flexibility index (Phi) is 9.08. The van der Waals surface area contributed by atoms with Crippen molar-refractivity contribution in [2.24, 2.45) is 4.99 Å². The first-order valence-corrected chi connectivity index (χ1v) is 7.50. The van der Waals surface area contributed by atoms with E-state index in [1.807, 2.05) is 0 Å². The average molecular weight is 358 g/mol. The fourth-order valence-electron chi connectivity index (χ4n) is 1.76. The number of carboxylic acids is 2. The van der Waals surface area contributed by atoms with Gasteiger partial charge in [0.2, 0.25) is 12.0 Å². The van der Waals surface area contributed by atoms with Gasteiger partial charge in [-0.3, -0.25) is 14.4 Å². The van der Waals surface area contributed by atoms with Gasteiger partial charge in [0, 0.05) is 12.8 Å². The summed E-state index contributed by atoms with van der Waals surface area (Å²) >= 11 is 0. The summed E-state index contributed by atoms with van der Waals surface area (Å²) in [5, 5.41) is 19.7. The number of isocyanates is 1. The largest absolute Gasteiger partial charge is 0.481 e. The highest BCUT2D eigenvalue weighted by atomic mass is 16.6. The summed E-state index contributed by atoms with van der Waals surface area (Å²) in [7, 11) is 0. The highest BCUT2D eigenvalue weighted by molar-refractivity contribution is 5.88. The van der Waals surface area contributed by atoms with Crippen molar-refractivity contribution in [3.05, 3.63) is 0 Å². The van der Waals surface area contributed by atoms with E-state index in [1.165, 1.54) is 6.08 Å². The number of ether oxygens (including phenoxy) is 1. The molecule has 1 amide bonds. The molecule has 0 saturated heterocycles. The molecule has 0 unspecified atom stereocenters. The van der Waals surface area contributed by atoms with Crippen molar-refractivity contribution in [2.45, 2.75) is 64.1 Å². The molecule has 0 fully saturated rings. The maximum Gasteiger partial charge on any atom is 0.326 e. The molecule has 10 heteroatoms. The number of nitrogens with zero attached hydrogens (tertiary/aromatic N) is 1. The Morgan fingerprint density at radius 1 is 1.12 bits per heavy atom. The van der Waals surface area contributed by atoms with Crippen LogP contribution in [0.1, 0.15) is 46.5 Å². The molecule has 2 atom stereocenters. The van der Waals surface area contributed by atoms with E-state index in [0.29, 0.717) is 0 Å². The lowest BCUT2D eigenvalue weighted by Gasteiger charge is -2.20. The molecule has 0 bridgehead atoms. The van der Waals surface area contributed by atoms with Crippen LogP contribution in [-0.2, 0) is 28.7 Å². The highest BCUT2D eigenvalue weighted by Crippen LogP contribution is 2.11. The number of amides is 1. The Morgan fingerprint density at radius 3 is 2.16 bits per heavy atom. The Labute approximate surface area is 144 Å².